The van der Waals surface area contributed by atoms with Crippen molar-refractivity contribution in [1.82, 2.24) is 18.8 Å². The van der Waals surface area contributed by atoms with Crippen LogP contribution >= 0.6 is 0 Å². The molecule has 4 heterocycles. The van der Waals surface area contributed by atoms with Gasteiger partial charge in [-0.05, 0) is 59.7 Å². The molecule has 0 N–H and O–H groups in total. The van der Waals surface area contributed by atoms with E-state index in [1.165, 1.54) is 11.1 Å². The molecule has 6 aromatic rings. The fourth-order valence-electron chi connectivity index (χ4n) is 3.69. The van der Waals surface area contributed by atoms with Crippen molar-refractivity contribution < 1.29 is 0 Å². The third-order valence-electron chi connectivity index (χ3n) is 4.95. The highest BCUT2D eigenvalue weighted by Crippen LogP contribution is 2.28. The van der Waals surface area contributed by atoms with Gasteiger partial charge in [0.2, 0.25) is 0 Å². The van der Waals surface area contributed by atoms with E-state index in [1.807, 2.05) is 36.4 Å². The summed E-state index contributed by atoms with van der Waals surface area (Å²) in [5.74, 6) is 0. The van der Waals surface area contributed by atoms with Gasteiger partial charge in [0.05, 0.1) is 22.1 Å². The zero-order valence-corrected chi connectivity index (χ0v) is 13.9. The summed E-state index contributed by atoms with van der Waals surface area (Å²) in [6, 6.07) is 25.0. The van der Waals surface area contributed by atoms with Crippen LogP contribution in [-0.4, -0.2) is 18.8 Å². The molecular weight excluding hydrogens is 320 g/mol. The molecule has 4 aromatic heterocycles. The SMILES string of the molecule is c1ccn2c(c1)nc1ccc(-c3ccc4nc5ccccn5c4c3)cc12. The highest BCUT2D eigenvalue weighted by Gasteiger charge is 2.09. The fourth-order valence-corrected chi connectivity index (χ4v) is 3.69. The second kappa shape index (κ2) is 4.92. The molecule has 0 saturated carbocycles. The fraction of sp³-hybridized carbons (Fsp3) is 0. The normalized spacial score (nSPS) is 11.8. The molecule has 0 amide bonds. The van der Waals surface area contributed by atoms with Crippen LogP contribution in [0.2, 0.25) is 0 Å². The van der Waals surface area contributed by atoms with Gasteiger partial charge in [0.15, 0.2) is 0 Å². The Kier molecular flexibility index (Phi) is 2.58. The van der Waals surface area contributed by atoms with Gasteiger partial charge in [-0.25, -0.2) is 9.97 Å². The summed E-state index contributed by atoms with van der Waals surface area (Å²) in [4.78, 5) is 9.36. The van der Waals surface area contributed by atoms with Gasteiger partial charge < -0.3 is 0 Å². The maximum Gasteiger partial charge on any atom is 0.137 e. The summed E-state index contributed by atoms with van der Waals surface area (Å²) in [7, 11) is 0. The van der Waals surface area contributed by atoms with E-state index in [1.54, 1.807) is 0 Å². The lowest BCUT2D eigenvalue weighted by Gasteiger charge is -2.03. The highest BCUT2D eigenvalue weighted by atomic mass is 15.0. The van der Waals surface area contributed by atoms with Gasteiger partial charge in [0.1, 0.15) is 11.3 Å². The van der Waals surface area contributed by atoms with Crippen LogP contribution in [0.15, 0.2) is 85.2 Å². The second-order valence-electron chi connectivity index (χ2n) is 6.49. The number of nitrogens with zero attached hydrogens (tertiary/aromatic N) is 4. The van der Waals surface area contributed by atoms with Crippen molar-refractivity contribution in [2.45, 2.75) is 0 Å². The van der Waals surface area contributed by atoms with Crippen molar-refractivity contribution in [3.05, 3.63) is 85.2 Å². The second-order valence-corrected chi connectivity index (χ2v) is 6.49. The molecule has 4 heteroatoms. The summed E-state index contributed by atoms with van der Waals surface area (Å²) in [5.41, 5.74) is 8.56. The average Bonchev–Trinajstić information content (AvgIpc) is 3.25. The molecule has 0 atom stereocenters. The van der Waals surface area contributed by atoms with Crippen LogP contribution in [0, 0.1) is 0 Å². The van der Waals surface area contributed by atoms with Crippen molar-refractivity contribution >= 4 is 33.4 Å². The number of hydrogen-bond donors (Lipinski definition) is 0. The first-order chi connectivity index (χ1) is 12.9. The maximum atomic E-state index is 4.68. The molecule has 2 aromatic carbocycles. The predicted molar refractivity (Wildman–Crippen MR) is 104 cm³/mol. The van der Waals surface area contributed by atoms with Gasteiger partial charge in [0.25, 0.3) is 0 Å². The molecule has 0 fully saturated rings. The first-order valence-electron chi connectivity index (χ1n) is 8.61. The Hall–Kier alpha value is -3.66. The zero-order chi connectivity index (χ0) is 17.1. The van der Waals surface area contributed by atoms with Crippen molar-refractivity contribution in [3.63, 3.8) is 0 Å². The van der Waals surface area contributed by atoms with Gasteiger partial charge in [-0.15, -0.1) is 0 Å². The number of fused-ring (bicyclic) bond motifs is 6. The van der Waals surface area contributed by atoms with E-state index in [-0.39, 0.29) is 0 Å². The Bertz CT molecular complexity index is 1330. The number of aromatic nitrogens is 4. The van der Waals surface area contributed by atoms with Gasteiger partial charge in [-0.3, -0.25) is 8.80 Å². The Labute approximate surface area is 149 Å². The molecule has 0 spiro atoms. The number of pyridine rings is 2. The molecule has 26 heavy (non-hydrogen) atoms. The van der Waals surface area contributed by atoms with E-state index in [4.69, 9.17) is 0 Å². The summed E-state index contributed by atoms with van der Waals surface area (Å²) < 4.78 is 4.26. The van der Waals surface area contributed by atoms with Crippen molar-refractivity contribution in [3.8, 4) is 11.1 Å². The molecule has 0 aliphatic carbocycles. The molecule has 0 aliphatic heterocycles. The van der Waals surface area contributed by atoms with Crippen LogP contribution in [0.25, 0.3) is 44.5 Å². The standard InChI is InChI=1S/C22H14N4/c1-3-11-25-19-13-15(7-9-17(19)23-21(25)5-1)16-8-10-18-20(14-16)26-12-4-2-6-22(26)24-18/h1-14H. The molecule has 0 radical (unpaired) electrons. The van der Waals surface area contributed by atoms with E-state index in [9.17, 15) is 0 Å². The Morgan fingerprint density at radius 2 is 1.04 bits per heavy atom. The third kappa shape index (κ3) is 1.84. The molecule has 4 nitrogen and oxygen atoms in total. The molecular formula is C22H14N4. The molecule has 0 unspecified atom stereocenters. The molecule has 0 bridgehead atoms. The maximum absolute atomic E-state index is 4.68. The largest absolute Gasteiger partial charge is 0.300 e. The van der Waals surface area contributed by atoms with Crippen LogP contribution < -0.4 is 0 Å². The molecule has 0 saturated heterocycles. The average molecular weight is 334 g/mol. The summed E-state index contributed by atoms with van der Waals surface area (Å²) >= 11 is 0. The lowest BCUT2D eigenvalue weighted by molar-refractivity contribution is 1.23. The van der Waals surface area contributed by atoms with Gasteiger partial charge in [0, 0.05) is 12.4 Å². The summed E-state index contributed by atoms with van der Waals surface area (Å²) in [6.07, 6.45) is 4.12. The topological polar surface area (TPSA) is 34.6 Å². The monoisotopic (exact) mass is 334 g/mol. The van der Waals surface area contributed by atoms with Crippen molar-refractivity contribution in [2.75, 3.05) is 0 Å². The lowest BCUT2D eigenvalue weighted by atomic mass is 10.0. The Morgan fingerprint density at radius 1 is 0.538 bits per heavy atom. The van der Waals surface area contributed by atoms with Gasteiger partial charge in [-0.1, -0.05) is 24.3 Å². The number of rotatable bonds is 1. The first kappa shape index (κ1) is 13.6. The quantitative estimate of drug-likeness (QED) is 0.426. The van der Waals surface area contributed by atoms with Crippen molar-refractivity contribution in [1.29, 1.82) is 0 Å². The number of hydrogen-bond acceptors (Lipinski definition) is 2. The molecule has 6 rings (SSSR count). The van der Waals surface area contributed by atoms with E-state index in [0.29, 0.717) is 0 Å². The zero-order valence-electron chi connectivity index (χ0n) is 13.9. The minimum absolute atomic E-state index is 0.969. The van der Waals surface area contributed by atoms with E-state index >= 15 is 0 Å². The van der Waals surface area contributed by atoms with Crippen LogP contribution in [0.4, 0.5) is 0 Å². The number of imidazole rings is 2. The number of benzene rings is 2. The minimum atomic E-state index is 0.969. The highest BCUT2D eigenvalue weighted by molar-refractivity contribution is 5.89. The third-order valence-corrected chi connectivity index (χ3v) is 4.95. The smallest absolute Gasteiger partial charge is 0.137 e. The van der Waals surface area contributed by atoms with Crippen LogP contribution in [0.5, 0.6) is 0 Å². The van der Waals surface area contributed by atoms with E-state index < -0.39 is 0 Å². The van der Waals surface area contributed by atoms with E-state index in [0.717, 1.165) is 33.4 Å². The van der Waals surface area contributed by atoms with Gasteiger partial charge in [-0.2, -0.15) is 0 Å². The van der Waals surface area contributed by atoms with Crippen LogP contribution in [0.1, 0.15) is 0 Å². The summed E-state index contributed by atoms with van der Waals surface area (Å²) in [6.45, 7) is 0. The Balaban J connectivity index is 1.61. The first-order valence-corrected chi connectivity index (χ1v) is 8.61. The van der Waals surface area contributed by atoms with Crippen LogP contribution in [-0.2, 0) is 0 Å². The molecule has 122 valence electrons. The van der Waals surface area contributed by atoms with E-state index in [2.05, 4.69) is 67.6 Å². The molecule has 0 aliphatic rings. The lowest BCUT2D eigenvalue weighted by Crippen LogP contribution is -1.85. The minimum Gasteiger partial charge on any atom is -0.300 e. The Morgan fingerprint density at radius 3 is 1.54 bits per heavy atom. The van der Waals surface area contributed by atoms with Crippen LogP contribution in [0.3, 0.4) is 0 Å². The van der Waals surface area contributed by atoms with Gasteiger partial charge >= 0.3 is 0 Å². The van der Waals surface area contributed by atoms with Crippen molar-refractivity contribution in [2.24, 2.45) is 0 Å². The summed E-state index contributed by atoms with van der Waals surface area (Å²) in [5, 5.41) is 0. The predicted octanol–water partition coefficient (Wildman–Crippen LogP) is 4.96.